The maximum Gasteiger partial charge on any atom is 0.0498 e. The second kappa shape index (κ2) is 5.06. The number of nitrogens with two attached hydrogens (primary N) is 1. The highest BCUT2D eigenvalue weighted by molar-refractivity contribution is 9.10. The number of halogens is 1. The molecule has 0 amide bonds. The maximum atomic E-state index is 9.17. The lowest BCUT2D eigenvalue weighted by Crippen LogP contribution is -2.26. The molecule has 0 aliphatic heterocycles. The van der Waals surface area contributed by atoms with E-state index in [0.717, 1.165) is 21.4 Å². The summed E-state index contributed by atoms with van der Waals surface area (Å²) < 4.78 is 0.948. The van der Waals surface area contributed by atoms with E-state index in [0.29, 0.717) is 6.54 Å². The largest absolute Gasteiger partial charge is 0.398 e. The number of aliphatic hydroxyl groups excluding tert-OH is 1. The van der Waals surface area contributed by atoms with E-state index < -0.39 is 0 Å². The normalized spacial score (nSPS) is 11.6. The Balaban J connectivity index is 2.79. The van der Waals surface area contributed by atoms with E-state index in [-0.39, 0.29) is 12.0 Å². The molecule has 0 aromatic heterocycles. The molecule has 4 N–H and O–H groups in total. The number of nitrogens with one attached hydrogen (secondary N) is 1. The van der Waals surface area contributed by atoms with Gasteiger partial charge >= 0.3 is 0 Å². The van der Waals surface area contributed by atoms with Crippen LogP contribution in [0.15, 0.2) is 16.6 Å². The fraction of sp³-hybridized carbons (Fsp3) is 0.500. The molecule has 0 aliphatic carbocycles. The highest BCUT2D eigenvalue weighted by Gasteiger charge is 2.16. The summed E-state index contributed by atoms with van der Waals surface area (Å²) in [6.45, 7) is 6.87. The van der Waals surface area contributed by atoms with Crippen LogP contribution in [0, 0.1) is 12.3 Å². The van der Waals surface area contributed by atoms with E-state index in [1.807, 2.05) is 32.9 Å². The quantitative estimate of drug-likeness (QED) is 0.746. The summed E-state index contributed by atoms with van der Waals surface area (Å²) in [5, 5.41) is 12.5. The zero-order chi connectivity index (χ0) is 12.3. The average Bonchev–Trinajstić information content (AvgIpc) is 2.22. The highest BCUT2D eigenvalue weighted by Crippen LogP contribution is 2.28. The van der Waals surface area contributed by atoms with E-state index >= 15 is 0 Å². The topological polar surface area (TPSA) is 58.3 Å². The lowest BCUT2D eigenvalue weighted by atomic mass is 9.95. The fourth-order valence-electron chi connectivity index (χ4n) is 1.22. The smallest absolute Gasteiger partial charge is 0.0498 e. The molecule has 0 radical (unpaired) electrons. The summed E-state index contributed by atoms with van der Waals surface area (Å²) in [4.78, 5) is 0. The van der Waals surface area contributed by atoms with Crippen molar-refractivity contribution in [1.29, 1.82) is 0 Å². The number of nitrogen functional groups attached to an aromatic ring is 1. The average molecular weight is 287 g/mol. The minimum atomic E-state index is -0.130. The number of aryl methyl sites for hydroxylation is 1. The van der Waals surface area contributed by atoms with E-state index in [1.54, 1.807) is 0 Å². The molecule has 1 aromatic rings. The summed E-state index contributed by atoms with van der Waals surface area (Å²) in [6, 6.07) is 3.90. The molecule has 1 rings (SSSR count). The van der Waals surface area contributed by atoms with Crippen molar-refractivity contribution < 1.29 is 5.11 Å². The summed E-state index contributed by atoms with van der Waals surface area (Å²) in [6.07, 6.45) is 0. The van der Waals surface area contributed by atoms with Crippen LogP contribution in [-0.4, -0.2) is 18.3 Å². The van der Waals surface area contributed by atoms with Gasteiger partial charge < -0.3 is 16.2 Å². The molecule has 0 unspecified atom stereocenters. The van der Waals surface area contributed by atoms with Gasteiger partial charge in [0.05, 0.1) is 0 Å². The molecular weight excluding hydrogens is 268 g/mol. The van der Waals surface area contributed by atoms with Gasteiger partial charge in [-0.1, -0.05) is 13.8 Å². The van der Waals surface area contributed by atoms with Crippen molar-refractivity contribution in [3.63, 3.8) is 0 Å². The highest BCUT2D eigenvalue weighted by atomic mass is 79.9. The SMILES string of the molecule is Cc1cc(NCC(C)(C)CO)c(Br)cc1N. The van der Waals surface area contributed by atoms with Crippen molar-refractivity contribution in [3.05, 3.63) is 22.2 Å². The van der Waals surface area contributed by atoms with Crippen LogP contribution in [0.5, 0.6) is 0 Å². The Morgan fingerprint density at radius 2 is 2.06 bits per heavy atom. The molecule has 0 saturated heterocycles. The predicted molar refractivity (Wildman–Crippen MR) is 72.6 cm³/mol. The number of aliphatic hydroxyl groups is 1. The van der Waals surface area contributed by atoms with E-state index in [9.17, 15) is 0 Å². The van der Waals surface area contributed by atoms with Gasteiger partial charge in [0, 0.05) is 34.4 Å². The summed E-state index contributed by atoms with van der Waals surface area (Å²) in [5.74, 6) is 0. The fourth-order valence-corrected chi connectivity index (χ4v) is 1.72. The van der Waals surface area contributed by atoms with Gasteiger partial charge in [-0.3, -0.25) is 0 Å². The van der Waals surface area contributed by atoms with Crippen molar-refractivity contribution in [2.75, 3.05) is 24.2 Å². The van der Waals surface area contributed by atoms with Crippen LogP contribution in [-0.2, 0) is 0 Å². The van der Waals surface area contributed by atoms with Crippen LogP contribution in [0.2, 0.25) is 0 Å². The van der Waals surface area contributed by atoms with Gasteiger partial charge in [-0.15, -0.1) is 0 Å². The van der Waals surface area contributed by atoms with Crippen LogP contribution in [0.25, 0.3) is 0 Å². The van der Waals surface area contributed by atoms with Crippen LogP contribution in [0.1, 0.15) is 19.4 Å². The number of hydrogen-bond acceptors (Lipinski definition) is 3. The van der Waals surface area contributed by atoms with E-state index in [2.05, 4.69) is 21.2 Å². The van der Waals surface area contributed by atoms with Crippen molar-refractivity contribution in [1.82, 2.24) is 0 Å². The second-order valence-corrected chi connectivity index (χ2v) is 5.72. The van der Waals surface area contributed by atoms with Crippen molar-refractivity contribution in [3.8, 4) is 0 Å². The number of rotatable bonds is 4. The molecule has 0 aliphatic rings. The van der Waals surface area contributed by atoms with E-state index in [1.165, 1.54) is 0 Å². The first-order valence-electron chi connectivity index (χ1n) is 5.26. The minimum Gasteiger partial charge on any atom is -0.398 e. The van der Waals surface area contributed by atoms with Crippen LogP contribution < -0.4 is 11.1 Å². The first-order valence-corrected chi connectivity index (χ1v) is 6.05. The zero-order valence-electron chi connectivity index (χ0n) is 9.97. The van der Waals surface area contributed by atoms with Gasteiger partial charge in [-0.2, -0.15) is 0 Å². The first kappa shape index (κ1) is 13.3. The van der Waals surface area contributed by atoms with Gasteiger partial charge in [-0.05, 0) is 40.5 Å². The molecule has 0 saturated carbocycles. The second-order valence-electron chi connectivity index (χ2n) is 4.86. The van der Waals surface area contributed by atoms with Gasteiger partial charge in [0.2, 0.25) is 0 Å². The molecular formula is C12H19BrN2O. The Bertz CT molecular complexity index is 378. The van der Waals surface area contributed by atoms with Gasteiger partial charge in [0.15, 0.2) is 0 Å². The third-order valence-corrected chi connectivity index (χ3v) is 3.20. The Morgan fingerprint density at radius 1 is 1.44 bits per heavy atom. The first-order chi connectivity index (χ1) is 7.35. The standard InChI is InChI=1S/C12H19BrN2O/c1-8-4-11(9(13)5-10(8)14)15-6-12(2,3)7-16/h4-5,15-16H,6-7,14H2,1-3H3. The van der Waals surface area contributed by atoms with Crippen LogP contribution >= 0.6 is 15.9 Å². The molecule has 0 bridgehead atoms. The maximum absolute atomic E-state index is 9.17. The predicted octanol–water partition coefficient (Wildman–Crippen LogP) is 2.77. The van der Waals surface area contributed by atoms with Gasteiger partial charge in [0.25, 0.3) is 0 Å². The Morgan fingerprint density at radius 3 is 2.62 bits per heavy atom. The Kier molecular flexibility index (Phi) is 4.21. The van der Waals surface area contributed by atoms with Crippen molar-refractivity contribution in [2.24, 2.45) is 5.41 Å². The van der Waals surface area contributed by atoms with Crippen molar-refractivity contribution >= 4 is 27.3 Å². The van der Waals surface area contributed by atoms with Crippen LogP contribution in [0.4, 0.5) is 11.4 Å². The minimum absolute atomic E-state index is 0.130. The lowest BCUT2D eigenvalue weighted by molar-refractivity contribution is 0.171. The van der Waals surface area contributed by atoms with Gasteiger partial charge in [-0.25, -0.2) is 0 Å². The molecule has 16 heavy (non-hydrogen) atoms. The molecule has 4 heteroatoms. The number of benzene rings is 1. The monoisotopic (exact) mass is 286 g/mol. The molecule has 0 atom stereocenters. The van der Waals surface area contributed by atoms with E-state index in [4.69, 9.17) is 10.8 Å². The van der Waals surface area contributed by atoms with Crippen molar-refractivity contribution in [2.45, 2.75) is 20.8 Å². The summed E-state index contributed by atoms with van der Waals surface area (Å²) in [5.41, 5.74) is 8.50. The van der Waals surface area contributed by atoms with Crippen LogP contribution in [0.3, 0.4) is 0 Å². The third kappa shape index (κ3) is 3.39. The molecule has 3 nitrogen and oxygen atoms in total. The third-order valence-electron chi connectivity index (χ3n) is 2.54. The molecule has 90 valence electrons. The van der Waals surface area contributed by atoms with Gasteiger partial charge in [0.1, 0.15) is 0 Å². The molecule has 0 spiro atoms. The molecule has 0 fully saturated rings. The number of anilines is 2. The number of hydrogen-bond donors (Lipinski definition) is 3. The molecule has 1 aromatic carbocycles. The summed E-state index contributed by atoms with van der Waals surface area (Å²) >= 11 is 3.47. The molecule has 0 heterocycles. The summed E-state index contributed by atoms with van der Waals surface area (Å²) in [7, 11) is 0. The lowest BCUT2D eigenvalue weighted by Gasteiger charge is -2.23. The Labute approximate surface area is 105 Å². The zero-order valence-corrected chi connectivity index (χ0v) is 11.6. The Hall–Kier alpha value is -0.740.